The number of nitrogens with zero attached hydrogens (tertiary/aromatic N) is 4. The van der Waals surface area contributed by atoms with Gasteiger partial charge >= 0.3 is 12.1 Å². The Bertz CT molecular complexity index is 1180. The lowest BCUT2D eigenvalue weighted by Crippen LogP contribution is -2.21. The molecule has 30 heavy (non-hydrogen) atoms. The van der Waals surface area contributed by atoms with Crippen molar-refractivity contribution in [2.24, 2.45) is 0 Å². The normalized spacial score (nSPS) is 11.3. The maximum absolute atomic E-state index is 13.2. The van der Waals surface area contributed by atoms with Gasteiger partial charge < -0.3 is 9.47 Å². The fourth-order valence-electron chi connectivity index (χ4n) is 2.70. The third kappa shape index (κ3) is 4.00. The largest absolute Gasteiger partial charge is 0.494 e. The standard InChI is InChI=1S/C19H15F3N4O4/c1-10-4-17(27)26(25-7-10)16-6-11(13(8-24-16)18(28)30-3)12-5-15(19(20,21)22)23-9-14(12)29-2/h4-9H,1-3H3. The van der Waals surface area contributed by atoms with Gasteiger partial charge in [-0.15, -0.1) is 0 Å². The molecule has 0 aliphatic heterocycles. The average Bonchev–Trinajstić information content (AvgIpc) is 2.71. The van der Waals surface area contributed by atoms with Crippen LogP contribution in [0.5, 0.6) is 5.75 Å². The molecule has 11 heteroatoms. The topological polar surface area (TPSA) is 96.2 Å². The molecule has 0 aromatic carbocycles. The molecule has 0 radical (unpaired) electrons. The minimum absolute atomic E-state index is 0.00456. The number of halogens is 3. The molecule has 3 heterocycles. The molecule has 0 saturated heterocycles. The minimum atomic E-state index is -4.72. The predicted octanol–water partition coefficient (Wildman–Crippen LogP) is 2.81. The van der Waals surface area contributed by atoms with E-state index in [2.05, 4.69) is 15.1 Å². The van der Waals surface area contributed by atoms with Crippen molar-refractivity contribution in [1.82, 2.24) is 19.7 Å². The maximum atomic E-state index is 13.2. The number of aromatic nitrogens is 4. The van der Waals surface area contributed by atoms with E-state index in [-0.39, 0.29) is 28.3 Å². The van der Waals surface area contributed by atoms with Crippen LogP contribution in [0.25, 0.3) is 16.9 Å². The Morgan fingerprint density at radius 3 is 2.37 bits per heavy atom. The number of esters is 1. The van der Waals surface area contributed by atoms with Gasteiger partial charge in [-0.1, -0.05) is 0 Å². The fourth-order valence-corrected chi connectivity index (χ4v) is 2.70. The minimum Gasteiger partial charge on any atom is -0.494 e. The van der Waals surface area contributed by atoms with Crippen molar-refractivity contribution in [1.29, 1.82) is 0 Å². The van der Waals surface area contributed by atoms with Crippen LogP contribution in [0.2, 0.25) is 0 Å². The third-order valence-corrected chi connectivity index (χ3v) is 4.12. The molecule has 0 aliphatic rings. The average molecular weight is 420 g/mol. The lowest BCUT2D eigenvalue weighted by Gasteiger charge is -2.15. The van der Waals surface area contributed by atoms with Gasteiger partial charge in [-0.25, -0.2) is 14.8 Å². The van der Waals surface area contributed by atoms with Gasteiger partial charge in [0, 0.05) is 23.4 Å². The van der Waals surface area contributed by atoms with Crippen molar-refractivity contribution >= 4 is 5.97 Å². The summed E-state index contributed by atoms with van der Waals surface area (Å²) in [5, 5.41) is 3.98. The van der Waals surface area contributed by atoms with Gasteiger partial charge in [0.05, 0.1) is 32.2 Å². The van der Waals surface area contributed by atoms with E-state index < -0.39 is 23.4 Å². The van der Waals surface area contributed by atoms with Crippen molar-refractivity contribution in [3.63, 3.8) is 0 Å². The highest BCUT2D eigenvalue weighted by Gasteiger charge is 2.34. The third-order valence-electron chi connectivity index (χ3n) is 4.12. The van der Waals surface area contributed by atoms with E-state index in [0.717, 1.165) is 30.3 Å². The number of hydrogen-bond donors (Lipinski definition) is 0. The summed E-state index contributed by atoms with van der Waals surface area (Å²) in [7, 11) is 2.37. The van der Waals surface area contributed by atoms with Crippen LogP contribution in [0.3, 0.4) is 0 Å². The molecule has 0 bridgehead atoms. The van der Waals surface area contributed by atoms with E-state index in [1.54, 1.807) is 6.92 Å². The summed E-state index contributed by atoms with van der Waals surface area (Å²) in [6.45, 7) is 1.68. The van der Waals surface area contributed by atoms with Gasteiger partial charge in [-0.05, 0) is 24.6 Å². The Kier molecular flexibility index (Phi) is 5.54. The SMILES string of the molecule is COC(=O)c1cnc(-n2ncc(C)cc2=O)cc1-c1cc(C(F)(F)F)ncc1OC. The highest BCUT2D eigenvalue weighted by molar-refractivity contribution is 5.98. The fraction of sp³-hybridized carbons (Fsp3) is 0.211. The number of pyridine rings is 2. The number of rotatable bonds is 4. The van der Waals surface area contributed by atoms with Gasteiger partial charge in [0.1, 0.15) is 11.4 Å². The number of aryl methyl sites for hydroxylation is 1. The quantitative estimate of drug-likeness (QED) is 0.599. The number of methoxy groups -OCH3 is 2. The Morgan fingerprint density at radius 1 is 1.03 bits per heavy atom. The molecule has 0 aliphatic carbocycles. The van der Waals surface area contributed by atoms with E-state index in [1.165, 1.54) is 25.4 Å². The zero-order valence-corrected chi connectivity index (χ0v) is 16.0. The zero-order valence-electron chi connectivity index (χ0n) is 16.0. The number of alkyl halides is 3. The van der Waals surface area contributed by atoms with Crippen LogP contribution in [-0.4, -0.2) is 39.9 Å². The zero-order chi connectivity index (χ0) is 22.1. The second-order valence-electron chi connectivity index (χ2n) is 6.13. The smallest absolute Gasteiger partial charge is 0.433 e. The highest BCUT2D eigenvalue weighted by Crippen LogP contribution is 2.37. The molecule has 3 aromatic rings. The molecule has 0 atom stereocenters. The lowest BCUT2D eigenvalue weighted by molar-refractivity contribution is -0.141. The van der Waals surface area contributed by atoms with E-state index in [9.17, 15) is 22.8 Å². The monoisotopic (exact) mass is 420 g/mol. The summed E-state index contributed by atoms with van der Waals surface area (Å²) < 4.78 is 50.5. The molecule has 0 fully saturated rings. The van der Waals surface area contributed by atoms with Crippen molar-refractivity contribution in [2.45, 2.75) is 13.1 Å². The van der Waals surface area contributed by atoms with Crippen LogP contribution in [0.4, 0.5) is 13.2 Å². The molecule has 0 spiro atoms. The molecular formula is C19H15F3N4O4. The summed E-state index contributed by atoms with van der Waals surface area (Å²) >= 11 is 0. The maximum Gasteiger partial charge on any atom is 0.433 e. The molecular weight excluding hydrogens is 405 g/mol. The molecule has 156 valence electrons. The van der Waals surface area contributed by atoms with Crippen LogP contribution in [0.1, 0.15) is 21.6 Å². The highest BCUT2D eigenvalue weighted by atomic mass is 19.4. The van der Waals surface area contributed by atoms with E-state index >= 15 is 0 Å². The van der Waals surface area contributed by atoms with Gasteiger partial charge in [-0.3, -0.25) is 4.79 Å². The predicted molar refractivity (Wildman–Crippen MR) is 98.5 cm³/mol. The molecule has 0 unspecified atom stereocenters. The molecule has 3 aromatic heterocycles. The molecule has 0 amide bonds. The molecule has 0 N–H and O–H groups in total. The van der Waals surface area contributed by atoms with Gasteiger partial charge in [-0.2, -0.15) is 23.0 Å². The summed E-state index contributed by atoms with van der Waals surface area (Å²) in [4.78, 5) is 31.9. The number of carbonyl (C=O) groups excluding carboxylic acids is 1. The van der Waals surface area contributed by atoms with E-state index in [4.69, 9.17) is 9.47 Å². The Hall–Kier alpha value is -3.76. The van der Waals surface area contributed by atoms with Gasteiger partial charge in [0.25, 0.3) is 5.56 Å². The van der Waals surface area contributed by atoms with Crippen LogP contribution >= 0.6 is 0 Å². The first-order valence-corrected chi connectivity index (χ1v) is 8.42. The second kappa shape index (κ2) is 7.93. The first kappa shape index (κ1) is 21.0. The Balaban J connectivity index is 2.31. The Labute approximate surface area is 167 Å². The van der Waals surface area contributed by atoms with Crippen molar-refractivity contribution in [3.8, 4) is 22.7 Å². The van der Waals surface area contributed by atoms with Crippen LogP contribution in [0, 0.1) is 6.92 Å². The number of hydrogen-bond acceptors (Lipinski definition) is 7. The van der Waals surface area contributed by atoms with Crippen LogP contribution in [0.15, 0.2) is 41.6 Å². The van der Waals surface area contributed by atoms with Crippen molar-refractivity contribution in [3.05, 3.63) is 64.0 Å². The number of carbonyl (C=O) groups is 1. The van der Waals surface area contributed by atoms with E-state index in [1.807, 2.05) is 0 Å². The first-order valence-electron chi connectivity index (χ1n) is 8.42. The molecule has 3 rings (SSSR count). The summed E-state index contributed by atoms with van der Waals surface area (Å²) in [5.41, 5.74) is -1.27. The first-order chi connectivity index (χ1) is 14.2. The van der Waals surface area contributed by atoms with Gasteiger partial charge in [0.2, 0.25) is 0 Å². The summed E-state index contributed by atoms with van der Waals surface area (Å²) in [6, 6.07) is 3.32. The number of ether oxygens (including phenoxy) is 2. The van der Waals surface area contributed by atoms with Crippen LogP contribution in [-0.2, 0) is 10.9 Å². The lowest BCUT2D eigenvalue weighted by atomic mass is 10.0. The van der Waals surface area contributed by atoms with E-state index in [0.29, 0.717) is 5.56 Å². The van der Waals surface area contributed by atoms with Crippen LogP contribution < -0.4 is 10.3 Å². The molecule has 8 nitrogen and oxygen atoms in total. The van der Waals surface area contributed by atoms with Crippen molar-refractivity contribution < 1.29 is 27.4 Å². The van der Waals surface area contributed by atoms with Crippen molar-refractivity contribution in [2.75, 3.05) is 14.2 Å². The second-order valence-corrected chi connectivity index (χ2v) is 6.13. The summed E-state index contributed by atoms with van der Waals surface area (Å²) in [5.74, 6) is -0.856. The molecule has 0 saturated carbocycles. The summed E-state index contributed by atoms with van der Waals surface area (Å²) in [6.07, 6.45) is -1.31. The Morgan fingerprint density at radius 2 is 1.77 bits per heavy atom. The van der Waals surface area contributed by atoms with Gasteiger partial charge in [0.15, 0.2) is 5.82 Å².